The van der Waals surface area contributed by atoms with Crippen LogP contribution in [-0.4, -0.2) is 34.3 Å². The van der Waals surface area contributed by atoms with Gasteiger partial charge in [-0.15, -0.1) is 0 Å². The molecule has 1 heterocycles. The van der Waals surface area contributed by atoms with E-state index in [0.29, 0.717) is 12.3 Å². The fourth-order valence-corrected chi connectivity index (χ4v) is 3.46. The minimum Gasteiger partial charge on any atom is -0.340 e. The predicted octanol–water partition coefficient (Wildman–Crippen LogP) is 2.08. The van der Waals surface area contributed by atoms with Crippen molar-refractivity contribution in [3.8, 4) is 0 Å². The van der Waals surface area contributed by atoms with Gasteiger partial charge >= 0.3 is 0 Å². The standard InChI is InChI=1S/C15H26N2O2/c1-5-15(4)14(19)17(11(3)13(18)16-15)10(2)12-8-6-7-9-12/h10-12H,5-9H2,1-4H3,(H,16,18). The molecule has 0 aromatic carbocycles. The van der Waals surface area contributed by atoms with E-state index in [4.69, 9.17) is 0 Å². The van der Waals surface area contributed by atoms with Gasteiger partial charge in [0.1, 0.15) is 11.6 Å². The number of hydrogen-bond donors (Lipinski definition) is 1. The highest BCUT2D eigenvalue weighted by Gasteiger charge is 2.48. The molecule has 2 amide bonds. The molecule has 1 aliphatic heterocycles. The Bertz CT molecular complexity index is 376. The second kappa shape index (κ2) is 5.14. The van der Waals surface area contributed by atoms with Crippen LogP contribution in [0, 0.1) is 5.92 Å². The lowest BCUT2D eigenvalue weighted by Gasteiger charge is -2.47. The highest BCUT2D eigenvalue weighted by atomic mass is 16.2. The lowest BCUT2D eigenvalue weighted by atomic mass is 9.88. The van der Waals surface area contributed by atoms with Crippen LogP contribution in [0.4, 0.5) is 0 Å². The average Bonchev–Trinajstić information content (AvgIpc) is 2.90. The van der Waals surface area contributed by atoms with Gasteiger partial charge in [-0.25, -0.2) is 0 Å². The van der Waals surface area contributed by atoms with Crippen molar-refractivity contribution < 1.29 is 9.59 Å². The monoisotopic (exact) mass is 266 g/mol. The quantitative estimate of drug-likeness (QED) is 0.850. The molecule has 1 N–H and O–H groups in total. The zero-order chi connectivity index (χ0) is 14.2. The summed E-state index contributed by atoms with van der Waals surface area (Å²) in [5.74, 6) is 0.619. The molecule has 0 aromatic heterocycles. The van der Waals surface area contributed by atoms with E-state index in [1.807, 2.05) is 25.7 Å². The van der Waals surface area contributed by atoms with E-state index in [2.05, 4.69) is 12.2 Å². The van der Waals surface area contributed by atoms with Crippen molar-refractivity contribution in [2.75, 3.05) is 0 Å². The smallest absolute Gasteiger partial charge is 0.248 e. The maximum atomic E-state index is 12.7. The molecule has 1 saturated heterocycles. The number of carbonyl (C=O) groups is 2. The summed E-state index contributed by atoms with van der Waals surface area (Å²) in [6, 6.07) is -0.176. The fraction of sp³-hybridized carbons (Fsp3) is 0.867. The minimum atomic E-state index is -0.726. The van der Waals surface area contributed by atoms with Gasteiger partial charge in [0, 0.05) is 6.04 Å². The van der Waals surface area contributed by atoms with Crippen LogP contribution in [0.15, 0.2) is 0 Å². The van der Waals surface area contributed by atoms with E-state index < -0.39 is 5.54 Å². The number of hydrogen-bond acceptors (Lipinski definition) is 2. The average molecular weight is 266 g/mol. The lowest BCUT2D eigenvalue weighted by Crippen LogP contribution is -2.70. The molecule has 4 heteroatoms. The van der Waals surface area contributed by atoms with Crippen LogP contribution in [0.1, 0.15) is 59.8 Å². The SMILES string of the molecule is CCC1(C)NC(=O)C(C)N(C(C)C2CCCC2)C1=O. The molecule has 0 spiro atoms. The van der Waals surface area contributed by atoms with E-state index in [1.54, 1.807) is 0 Å². The zero-order valence-electron chi connectivity index (χ0n) is 12.5. The normalized spacial score (nSPS) is 34.5. The highest BCUT2D eigenvalue weighted by molar-refractivity contribution is 5.99. The Balaban J connectivity index is 2.24. The summed E-state index contributed by atoms with van der Waals surface area (Å²) in [7, 11) is 0. The van der Waals surface area contributed by atoms with E-state index in [9.17, 15) is 9.59 Å². The number of nitrogens with one attached hydrogen (secondary N) is 1. The Morgan fingerprint density at radius 3 is 2.47 bits per heavy atom. The molecule has 3 atom stereocenters. The number of rotatable bonds is 3. The van der Waals surface area contributed by atoms with Gasteiger partial charge in [-0.05, 0) is 46.0 Å². The molecule has 3 unspecified atom stereocenters. The first-order chi connectivity index (χ1) is 8.90. The van der Waals surface area contributed by atoms with Crippen LogP contribution in [0.3, 0.4) is 0 Å². The van der Waals surface area contributed by atoms with Gasteiger partial charge in [0.05, 0.1) is 0 Å². The summed E-state index contributed by atoms with van der Waals surface area (Å²) in [5.41, 5.74) is -0.726. The Morgan fingerprint density at radius 2 is 1.95 bits per heavy atom. The first-order valence-corrected chi connectivity index (χ1v) is 7.55. The van der Waals surface area contributed by atoms with Crippen molar-refractivity contribution in [3.63, 3.8) is 0 Å². The molecule has 1 aliphatic carbocycles. The van der Waals surface area contributed by atoms with E-state index in [1.165, 1.54) is 25.7 Å². The van der Waals surface area contributed by atoms with E-state index in [-0.39, 0.29) is 23.9 Å². The number of carbonyl (C=O) groups excluding carboxylic acids is 2. The third kappa shape index (κ3) is 2.37. The van der Waals surface area contributed by atoms with Crippen molar-refractivity contribution in [3.05, 3.63) is 0 Å². The molecular weight excluding hydrogens is 240 g/mol. The third-order valence-corrected chi connectivity index (χ3v) is 5.13. The van der Waals surface area contributed by atoms with Crippen molar-refractivity contribution in [1.29, 1.82) is 0 Å². The maximum Gasteiger partial charge on any atom is 0.248 e. The van der Waals surface area contributed by atoms with E-state index in [0.717, 1.165) is 0 Å². The number of amides is 2. The van der Waals surface area contributed by atoms with E-state index >= 15 is 0 Å². The molecule has 0 radical (unpaired) electrons. The van der Waals surface area contributed by atoms with Gasteiger partial charge in [-0.3, -0.25) is 9.59 Å². The molecule has 2 fully saturated rings. The van der Waals surface area contributed by atoms with Crippen LogP contribution in [0.25, 0.3) is 0 Å². The molecule has 1 saturated carbocycles. The van der Waals surface area contributed by atoms with Gasteiger partial charge < -0.3 is 10.2 Å². The molecule has 2 aliphatic rings. The minimum absolute atomic E-state index is 0.0196. The van der Waals surface area contributed by atoms with Crippen molar-refractivity contribution in [1.82, 2.24) is 10.2 Å². The summed E-state index contributed by atoms with van der Waals surface area (Å²) >= 11 is 0. The molecule has 4 nitrogen and oxygen atoms in total. The van der Waals surface area contributed by atoms with Crippen LogP contribution >= 0.6 is 0 Å². The van der Waals surface area contributed by atoms with Crippen LogP contribution in [0.2, 0.25) is 0 Å². The molecule has 2 rings (SSSR count). The van der Waals surface area contributed by atoms with Crippen molar-refractivity contribution in [2.45, 2.75) is 77.4 Å². The molecule has 108 valence electrons. The van der Waals surface area contributed by atoms with Crippen molar-refractivity contribution in [2.24, 2.45) is 5.92 Å². The lowest BCUT2D eigenvalue weighted by molar-refractivity contribution is -0.157. The number of nitrogens with zero attached hydrogens (tertiary/aromatic N) is 1. The Kier molecular flexibility index (Phi) is 3.88. The van der Waals surface area contributed by atoms with Crippen LogP contribution < -0.4 is 5.32 Å². The Labute approximate surface area is 115 Å². The van der Waals surface area contributed by atoms with Crippen LogP contribution in [0.5, 0.6) is 0 Å². The second-order valence-corrected chi connectivity index (χ2v) is 6.35. The van der Waals surface area contributed by atoms with Gasteiger partial charge in [-0.2, -0.15) is 0 Å². The number of piperazine rings is 1. The molecule has 0 aromatic rings. The van der Waals surface area contributed by atoms with Gasteiger partial charge in [0.2, 0.25) is 11.8 Å². The summed E-state index contributed by atoms with van der Waals surface area (Å²) < 4.78 is 0. The third-order valence-electron chi connectivity index (χ3n) is 5.13. The molecule has 0 bridgehead atoms. The second-order valence-electron chi connectivity index (χ2n) is 6.35. The topological polar surface area (TPSA) is 49.4 Å². The predicted molar refractivity (Wildman–Crippen MR) is 74.6 cm³/mol. The van der Waals surface area contributed by atoms with Crippen molar-refractivity contribution >= 4 is 11.8 Å². The van der Waals surface area contributed by atoms with Gasteiger partial charge in [-0.1, -0.05) is 19.8 Å². The molecule has 19 heavy (non-hydrogen) atoms. The van der Waals surface area contributed by atoms with Gasteiger partial charge in [0.15, 0.2) is 0 Å². The summed E-state index contributed by atoms with van der Waals surface area (Å²) in [6.45, 7) is 7.74. The van der Waals surface area contributed by atoms with Gasteiger partial charge in [0.25, 0.3) is 0 Å². The summed E-state index contributed by atoms with van der Waals surface area (Å²) in [5, 5.41) is 2.89. The highest BCUT2D eigenvalue weighted by Crippen LogP contribution is 2.33. The Hall–Kier alpha value is -1.06. The molecular formula is C15H26N2O2. The fourth-order valence-electron chi connectivity index (χ4n) is 3.46. The first-order valence-electron chi connectivity index (χ1n) is 7.55. The first kappa shape index (κ1) is 14.4. The maximum absolute atomic E-state index is 12.7. The Morgan fingerprint density at radius 1 is 1.37 bits per heavy atom. The zero-order valence-corrected chi connectivity index (χ0v) is 12.5. The summed E-state index contributed by atoms with van der Waals surface area (Å²) in [6.07, 6.45) is 5.51. The summed E-state index contributed by atoms with van der Waals surface area (Å²) in [4.78, 5) is 26.7. The van der Waals surface area contributed by atoms with Crippen LogP contribution in [-0.2, 0) is 9.59 Å². The largest absolute Gasteiger partial charge is 0.340 e.